The van der Waals surface area contributed by atoms with E-state index in [1.807, 2.05) is 25.3 Å². The maximum Gasteiger partial charge on any atom is 0.166 e. The van der Waals surface area contributed by atoms with E-state index in [1.54, 1.807) is 0 Å². The second kappa shape index (κ2) is 6.35. The first-order valence-electron chi connectivity index (χ1n) is 6.97. The van der Waals surface area contributed by atoms with Gasteiger partial charge in [0.1, 0.15) is 4.60 Å². The Morgan fingerprint density at radius 2 is 2.14 bits per heavy atom. The standard InChI is InChI=1S/C16H17BrN2O2/c1-11-8-13(10-19-16(11)17)18-9-12-4-2-5-14-15(12)21-7-3-6-20-14/h2,4-5,8,10,18H,3,6-7,9H2,1H3. The molecule has 1 N–H and O–H groups in total. The Labute approximate surface area is 132 Å². The highest BCUT2D eigenvalue weighted by Gasteiger charge is 2.14. The molecule has 0 radical (unpaired) electrons. The van der Waals surface area contributed by atoms with Crippen LogP contribution in [0.2, 0.25) is 0 Å². The smallest absolute Gasteiger partial charge is 0.166 e. The highest BCUT2D eigenvalue weighted by atomic mass is 79.9. The molecule has 1 aromatic carbocycles. The predicted molar refractivity (Wildman–Crippen MR) is 86.0 cm³/mol. The summed E-state index contributed by atoms with van der Waals surface area (Å²) in [4.78, 5) is 4.29. The third-order valence-corrected chi connectivity index (χ3v) is 4.18. The lowest BCUT2D eigenvalue weighted by Gasteiger charge is -2.13. The topological polar surface area (TPSA) is 43.4 Å². The zero-order valence-corrected chi connectivity index (χ0v) is 13.4. The largest absolute Gasteiger partial charge is 0.490 e. The van der Waals surface area contributed by atoms with Gasteiger partial charge in [-0.2, -0.15) is 0 Å². The van der Waals surface area contributed by atoms with E-state index in [1.165, 1.54) is 0 Å². The van der Waals surface area contributed by atoms with Crippen LogP contribution in [0.1, 0.15) is 17.5 Å². The van der Waals surface area contributed by atoms with Crippen LogP contribution in [0.4, 0.5) is 5.69 Å². The zero-order valence-electron chi connectivity index (χ0n) is 11.9. The lowest BCUT2D eigenvalue weighted by molar-refractivity contribution is 0.296. The Morgan fingerprint density at radius 1 is 1.29 bits per heavy atom. The van der Waals surface area contributed by atoms with Crippen LogP contribution in [-0.4, -0.2) is 18.2 Å². The minimum Gasteiger partial charge on any atom is -0.490 e. The number of pyridine rings is 1. The summed E-state index contributed by atoms with van der Waals surface area (Å²) in [7, 11) is 0. The summed E-state index contributed by atoms with van der Waals surface area (Å²) in [5, 5.41) is 3.38. The number of anilines is 1. The van der Waals surface area contributed by atoms with Gasteiger partial charge in [-0.05, 0) is 40.5 Å². The molecule has 3 rings (SSSR count). The van der Waals surface area contributed by atoms with Crippen LogP contribution in [0, 0.1) is 6.92 Å². The molecule has 0 saturated heterocycles. The highest BCUT2D eigenvalue weighted by molar-refractivity contribution is 9.10. The van der Waals surface area contributed by atoms with Crippen molar-refractivity contribution >= 4 is 21.6 Å². The Morgan fingerprint density at radius 3 is 3.00 bits per heavy atom. The van der Waals surface area contributed by atoms with Crippen molar-refractivity contribution in [2.75, 3.05) is 18.5 Å². The molecule has 0 unspecified atom stereocenters. The molecular formula is C16H17BrN2O2. The van der Waals surface area contributed by atoms with Crippen LogP contribution in [-0.2, 0) is 6.54 Å². The van der Waals surface area contributed by atoms with Gasteiger partial charge in [0.05, 0.1) is 25.1 Å². The van der Waals surface area contributed by atoms with Crippen molar-refractivity contribution in [1.29, 1.82) is 0 Å². The summed E-state index contributed by atoms with van der Waals surface area (Å²) in [6.45, 7) is 4.10. The van der Waals surface area contributed by atoms with Gasteiger partial charge >= 0.3 is 0 Å². The Bertz CT molecular complexity index is 646. The van der Waals surface area contributed by atoms with E-state index in [2.05, 4.69) is 38.4 Å². The van der Waals surface area contributed by atoms with Crippen LogP contribution in [0.5, 0.6) is 11.5 Å². The number of para-hydroxylation sites is 1. The monoisotopic (exact) mass is 348 g/mol. The fraction of sp³-hybridized carbons (Fsp3) is 0.312. The van der Waals surface area contributed by atoms with Gasteiger partial charge in [-0.25, -0.2) is 4.98 Å². The molecular weight excluding hydrogens is 332 g/mol. The molecule has 0 spiro atoms. The van der Waals surface area contributed by atoms with E-state index in [0.29, 0.717) is 19.8 Å². The molecule has 0 saturated carbocycles. The number of benzene rings is 1. The Kier molecular flexibility index (Phi) is 4.29. The molecule has 0 amide bonds. The van der Waals surface area contributed by atoms with Gasteiger partial charge in [0.2, 0.25) is 0 Å². The van der Waals surface area contributed by atoms with Gasteiger partial charge in [-0.1, -0.05) is 12.1 Å². The van der Waals surface area contributed by atoms with E-state index >= 15 is 0 Å². The summed E-state index contributed by atoms with van der Waals surface area (Å²) in [6.07, 6.45) is 2.73. The molecule has 5 heteroatoms. The van der Waals surface area contributed by atoms with E-state index < -0.39 is 0 Å². The summed E-state index contributed by atoms with van der Waals surface area (Å²) >= 11 is 3.41. The number of hydrogen-bond acceptors (Lipinski definition) is 4. The third kappa shape index (κ3) is 3.29. The summed E-state index contributed by atoms with van der Waals surface area (Å²) in [5.41, 5.74) is 3.18. The molecule has 2 heterocycles. The molecule has 0 aliphatic carbocycles. The molecule has 110 valence electrons. The van der Waals surface area contributed by atoms with Crippen molar-refractivity contribution in [2.24, 2.45) is 0 Å². The van der Waals surface area contributed by atoms with Crippen molar-refractivity contribution in [3.05, 3.63) is 46.2 Å². The number of nitrogens with one attached hydrogen (secondary N) is 1. The number of aromatic nitrogens is 1. The average Bonchev–Trinajstić information content (AvgIpc) is 2.74. The molecule has 21 heavy (non-hydrogen) atoms. The lowest BCUT2D eigenvalue weighted by Crippen LogP contribution is -2.04. The minimum atomic E-state index is 0.676. The molecule has 2 aromatic rings. The van der Waals surface area contributed by atoms with E-state index in [4.69, 9.17) is 9.47 Å². The predicted octanol–water partition coefficient (Wildman–Crippen LogP) is 3.93. The van der Waals surface area contributed by atoms with Crippen LogP contribution in [0.15, 0.2) is 35.1 Å². The number of ether oxygens (including phenoxy) is 2. The lowest BCUT2D eigenvalue weighted by atomic mass is 10.1. The number of fused-ring (bicyclic) bond motifs is 1. The number of halogens is 1. The van der Waals surface area contributed by atoms with Crippen LogP contribution in [0.3, 0.4) is 0 Å². The van der Waals surface area contributed by atoms with Crippen LogP contribution in [0.25, 0.3) is 0 Å². The van der Waals surface area contributed by atoms with Crippen LogP contribution >= 0.6 is 15.9 Å². The Balaban J connectivity index is 1.77. The summed E-state index contributed by atoms with van der Waals surface area (Å²) in [5.74, 6) is 1.68. The van der Waals surface area contributed by atoms with Gasteiger partial charge < -0.3 is 14.8 Å². The van der Waals surface area contributed by atoms with Crippen molar-refractivity contribution < 1.29 is 9.47 Å². The molecule has 1 aliphatic rings. The maximum absolute atomic E-state index is 5.82. The van der Waals surface area contributed by atoms with Gasteiger partial charge in [-0.3, -0.25) is 0 Å². The highest BCUT2D eigenvalue weighted by Crippen LogP contribution is 2.33. The molecule has 1 aromatic heterocycles. The number of nitrogens with zero attached hydrogens (tertiary/aromatic N) is 1. The van der Waals surface area contributed by atoms with Gasteiger partial charge in [0.25, 0.3) is 0 Å². The number of aryl methyl sites for hydroxylation is 1. The number of hydrogen-bond donors (Lipinski definition) is 1. The average molecular weight is 349 g/mol. The quantitative estimate of drug-likeness (QED) is 0.853. The van der Waals surface area contributed by atoms with E-state index in [0.717, 1.165) is 39.3 Å². The van der Waals surface area contributed by atoms with Crippen molar-refractivity contribution in [2.45, 2.75) is 19.9 Å². The normalized spacial score (nSPS) is 13.6. The minimum absolute atomic E-state index is 0.676. The van der Waals surface area contributed by atoms with Crippen molar-refractivity contribution in [1.82, 2.24) is 4.98 Å². The SMILES string of the molecule is Cc1cc(NCc2cccc3c2OCCCO3)cnc1Br. The maximum atomic E-state index is 5.82. The molecule has 4 nitrogen and oxygen atoms in total. The molecule has 0 atom stereocenters. The summed E-state index contributed by atoms with van der Waals surface area (Å²) in [6, 6.07) is 8.07. The van der Waals surface area contributed by atoms with Gasteiger partial charge in [0.15, 0.2) is 11.5 Å². The summed E-state index contributed by atoms with van der Waals surface area (Å²) < 4.78 is 12.4. The fourth-order valence-electron chi connectivity index (χ4n) is 2.25. The molecule has 0 bridgehead atoms. The first kappa shape index (κ1) is 14.2. The Hall–Kier alpha value is -1.75. The van der Waals surface area contributed by atoms with E-state index in [9.17, 15) is 0 Å². The van der Waals surface area contributed by atoms with Gasteiger partial charge in [0, 0.05) is 18.5 Å². The molecule has 1 aliphatic heterocycles. The molecule has 0 fully saturated rings. The van der Waals surface area contributed by atoms with Crippen molar-refractivity contribution in [3.63, 3.8) is 0 Å². The fourth-order valence-corrected chi connectivity index (χ4v) is 2.46. The zero-order chi connectivity index (χ0) is 14.7. The first-order chi connectivity index (χ1) is 10.2. The third-order valence-electron chi connectivity index (χ3n) is 3.35. The van der Waals surface area contributed by atoms with Gasteiger partial charge in [-0.15, -0.1) is 0 Å². The van der Waals surface area contributed by atoms with Crippen molar-refractivity contribution in [3.8, 4) is 11.5 Å². The second-order valence-corrected chi connectivity index (χ2v) is 5.73. The van der Waals surface area contributed by atoms with Crippen LogP contribution < -0.4 is 14.8 Å². The van der Waals surface area contributed by atoms with E-state index in [-0.39, 0.29) is 0 Å². The number of rotatable bonds is 3. The first-order valence-corrected chi connectivity index (χ1v) is 7.77. The second-order valence-electron chi connectivity index (χ2n) is 4.98.